The van der Waals surface area contributed by atoms with Crippen LogP contribution >= 0.6 is 0 Å². The molecule has 1 heterocycles. The fraction of sp³-hybridized carbons (Fsp3) is 0.400. The number of rotatable bonds is 2. The topological polar surface area (TPSA) is 18.5 Å². The summed E-state index contributed by atoms with van der Waals surface area (Å²) < 4.78 is 49.1. The van der Waals surface area contributed by atoms with Gasteiger partial charge in [-0.15, -0.1) is 0 Å². The zero-order valence-electron chi connectivity index (χ0n) is 7.70. The van der Waals surface area contributed by atoms with Crippen molar-refractivity contribution in [1.29, 1.82) is 0 Å². The minimum Gasteiger partial charge on any atom is -0.340 e. The Morgan fingerprint density at radius 1 is 1.13 bits per heavy atom. The lowest BCUT2D eigenvalue weighted by atomic mass is 10.0. The van der Waals surface area contributed by atoms with Crippen LogP contribution in [-0.4, -0.2) is 19.3 Å². The van der Waals surface area contributed by atoms with Crippen molar-refractivity contribution in [1.82, 2.24) is 0 Å². The molecule has 1 fully saturated rings. The highest BCUT2D eigenvalue weighted by molar-refractivity contribution is 5.21. The van der Waals surface area contributed by atoms with Crippen LogP contribution in [0.1, 0.15) is 5.56 Å². The van der Waals surface area contributed by atoms with Gasteiger partial charge in [0.05, 0.1) is 0 Å². The predicted octanol–water partition coefficient (Wildman–Crippen LogP) is 2.45. The Balaban J connectivity index is 2.26. The Bertz CT molecular complexity index is 329. The second kappa shape index (κ2) is 3.83. The lowest BCUT2D eigenvalue weighted by molar-refractivity contribution is -0.142. The zero-order chi connectivity index (χ0) is 10.9. The van der Waals surface area contributed by atoms with Gasteiger partial charge in [0.1, 0.15) is 0 Å². The van der Waals surface area contributed by atoms with E-state index < -0.39 is 25.2 Å². The Labute approximate surface area is 84.6 Å². The van der Waals surface area contributed by atoms with Crippen LogP contribution in [0.15, 0.2) is 30.3 Å². The molecule has 82 valence electrons. The molecule has 0 bridgehead atoms. The van der Waals surface area contributed by atoms with Gasteiger partial charge >= 0.3 is 5.92 Å². The Morgan fingerprint density at radius 2 is 1.80 bits per heavy atom. The molecule has 5 heteroatoms. The van der Waals surface area contributed by atoms with Crippen LogP contribution in [0.4, 0.5) is 13.2 Å². The lowest BCUT2D eigenvalue weighted by Gasteiger charge is -2.22. The summed E-state index contributed by atoms with van der Waals surface area (Å²) in [5.74, 6) is -3.38. The molecular weight excluding hydrogens is 209 g/mol. The highest BCUT2D eigenvalue weighted by atomic mass is 19.3. The lowest BCUT2D eigenvalue weighted by Crippen LogP contribution is -2.36. The Morgan fingerprint density at radius 3 is 2.33 bits per heavy atom. The van der Waals surface area contributed by atoms with Crippen LogP contribution in [-0.2, 0) is 15.4 Å². The second-order valence-electron chi connectivity index (χ2n) is 3.21. The largest absolute Gasteiger partial charge is 0.340 e. The zero-order valence-corrected chi connectivity index (χ0v) is 7.70. The van der Waals surface area contributed by atoms with Gasteiger partial charge in [0.25, 0.3) is 0 Å². The van der Waals surface area contributed by atoms with Crippen molar-refractivity contribution in [3.63, 3.8) is 0 Å². The SMILES string of the molecule is F[C@@H]1OCO[C@H]1C(F)(F)c1ccccc1. The molecule has 0 radical (unpaired) electrons. The number of halogens is 3. The van der Waals surface area contributed by atoms with Gasteiger partial charge in [-0.3, -0.25) is 0 Å². The molecule has 0 saturated carbocycles. The monoisotopic (exact) mass is 218 g/mol. The van der Waals surface area contributed by atoms with E-state index in [1.165, 1.54) is 24.3 Å². The first kappa shape index (κ1) is 10.4. The molecule has 1 aliphatic rings. The third-order valence-corrected chi connectivity index (χ3v) is 2.23. The number of ether oxygens (including phenoxy) is 2. The molecule has 1 aromatic carbocycles. The van der Waals surface area contributed by atoms with Gasteiger partial charge in [0, 0.05) is 5.56 Å². The summed E-state index contributed by atoms with van der Waals surface area (Å²) >= 11 is 0. The summed E-state index contributed by atoms with van der Waals surface area (Å²) in [7, 11) is 0. The Kier molecular flexibility index (Phi) is 2.67. The van der Waals surface area contributed by atoms with Crippen molar-refractivity contribution in [2.75, 3.05) is 6.79 Å². The second-order valence-corrected chi connectivity index (χ2v) is 3.21. The molecule has 0 aliphatic carbocycles. The van der Waals surface area contributed by atoms with Crippen molar-refractivity contribution in [3.8, 4) is 0 Å². The van der Waals surface area contributed by atoms with Gasteiger partial charge in [-0.2, -0.15) is 8.78 Å². The normalized spacial score (nSPS) is 26.9. The van der Waals surface area contributed by atoms with Crippen molar-refractivity contribution in [2.45, 2.75) is 18.4 Å². The maximum atomic E-state index is 13.7. The average Bonchev–Trinajstić information content (AvgIpc) is 2.66. The molecule has 0 aromatic heterocycles. The van der Waals surface area contributed by atoms with Crippen molar-refractivity contribution in [2.24, 2.45) is 0 Å². The highest BCUT2D eigenvalue weighted by Crippen LogP contribution is 2.38. The first-order valence-corrected chi connectivity index (χ1v) is 4.43. The van der Waals surface area contributed by atoms with E-state index >= 15 is 0 Å². The molecule has 2 nitrogen and oxygen atoms in total. The van der Waals surface area contributed by atoms with Crippen LogP contribution in [0, 0.1) is 0 Å². The Hall–Kier alpha value is -1.07. The number of alkyl halides is 3. The van der Waals surface area contributed by atoms with Crippen LogP contribution in [0.2, 0.25) is 0 Å². The summed E-state index contributed by atoms with van der Waals surface area (Å²) in [5.41, 5.74) is -0.275. The molecular formula is C10H9F3O2. The van der Waals surface area contributed by atoms with E-state index in [-0.39, 0.29) is 5.56 Å². The molecule has 1 aliphatic heterocycles. The first-order valence-electron chi connectivity index (χ1n) is 4.43. The predicted molar refractivity (Wildman–Crippen MR) is 46.1 cm³/mol. The molecule has 0 amide bonds. The number of benzene rings is 1. The van der Waals surface area contributed by atoms with E-state index in [4.69, 9.17) is 0 Å². The molecule has 0 spiro atoms. The fourth-order valence-electron chi connectivity index (χ4n) is 1.43. The van der Waals surface area contributed by atoms with Crippen LogP contribution in [0.3, 0.4) is 0 Å². The van der Waals surface area contributed by atoms with Crippen LogP contribution in [0.25, 0.3) is 0 Å². The molecule has 0 unspecified atom stereocenters. The molecule has 2 atom stereocenters. The summed E-state index contributed by atoms with van der Waals surface area (Å²) in [5, 5.41) is 0. The smallest absolute Gasteiger partial charge is 0.304 e. The van der Waals surface area contributed by atoms with E-state index in [0.29, 0.717) is 0 Å². The molecule has 0 N–H and O–H groups in total. The summed E-state index contributed by atoms with van der Waals surface area (Å²) in [4.78, 5) is 0. The minimum atomic E-state index is -3.38. The van der Waals surface area contributed by atoms with Crippen LogP contribution < -0.4 is 0 Å². The average molecular weight is 218 g/mol. The minimum absolute atomic E-state index is 0.275. The summed E-state index contributed by atoms with van der Waals surface area (Å²) in [6, 6.07) is 7.00. The fourth-order valence-corrected chi connectivity index (χ4v) is 1.43. The van der Waals surface area contributed by atoms with Crippen molar-refractivity contribution in [3.05, 3.63) is 35.9 Å². The van der Waals surface area contributed by atoms with Gasteiger partial charge in [-0.25, -0.2) is 4.39 Å². The quantitative estimate of drug-likeness (QED) is 0.759. The molecule has 2 rings (SSSR count). The van der Waals surface area contributed by atoms with E-state index in [0.717, 1.165) is 0 Å². The van der Waals surface area contributed by atoms with Crippen molar-refractivity contribution >= 4 is 0 Å². The molecule has 1 saturated heterocycles. The third-order valence-electron chi connectivity index (χ3n) is 2.23. The molecule has 15 heavy (non-hydrogen) atoms. The highest BCUT2D eigenvalue weighted by Gasteiger charge is 2.50. The van der Waals surface area contributed by atoms with E-state index in [1.807, 2.05) is 0 Å². The summed E-state index contributed by atoms with van der Waals surface area (Å²) in [6.07, 6.45) is -3.94. The maximum Gasteiger partial charge on any atom is 0.304 e. The van der Waals surface area contributed by atoms with E-state index in [1.54, 1.807) is 6.07 Å². The van der Waals surface area contributed by atoms with E-state index in [2.05, 4.69) is 9.47 Å². The third kappa shape index (κ3) is 1.85. The van der Waals surface area contributed by atoms with Gasteiger partial charge in [-0.1, -0.05) is 30.3 Å². The van der Waals surface area contributed by atoms with Gasteiger partial charge < -0.3 is 9.47 Å². The summed E-state index contributed by atoms with van der Waals surface area (Å²) in [6.45, 7) is -0.436. The van der Waals surface area contributed by atoms with Gasteiger partial charge in [0.2, 0.25) is 6.36 Å². The number of hydrogen-bond donors (Lipinski definition) is 0. The first-order chi connectivity index (χ1) is 7.12. The van der Waals surface area contributed by atoms with E-state index in [9.17, 15) is 13.2 Å². The van der Waals surface area contributed by atoms with Gasteiger partial charge in [0.15, 0.2) is 12.9 Å². The number of hydrogen-bond acceptors (Lipinski definition) is 2. The molecule has 1 aromatic rings. The van der Waals surface area contributed by atoms with Gasteiger partial charge in [-0.05, 0) is 0 Å². The standard InChI is InChI=1S/C10H9F3O2/c11-9-8(14-6-15-9)10(12,13)7-4-2-1-3-5-7/h1-5,8-9H,6H2/t8-,9-/m1/s1. The maximum absolute atomic E-state index is 13.7. The van der Waals surface area contributed by atoms with Crippen molar-refractivity contribution < 1.29 is 22.6 Å². The van der Waals surface area contributed by atoms with Crippen LogP contribution in [0.5, 0.6) is 0 Å².